The van der Waals surface area contributed by atoms with E-state index in [9.17, 15) is 9.59 Å². The number of nitrogens with one attached hydrogen (secondary N) is 1. The standard InChI is InChI=1S/C14H18N2O4/c1-16-11-6-3-5-10(13(11)20-9-12(16)17)14(18)15-7-4-8-19-2/h3,5-6H,4,7-9H2,1-2H3,(H,15,18). The summed E-state index contributed by atoms with van der Waals surface area (Å²) in [6.07, 6.45) is 0.747. The van der Waals surface area contributed by atoms with Crippen molar-refractivity contribution in [1.29, 1.82) is 0 Å². The predicted molar refractivity (Wildman–Crippen MR) is 74.2 cm³/mol. The Morgan fingerprint density at radius 3 is 3.05 bits per heavy atom. The third-order valence-corrected chi connectivity index (χ3v) is 3.13. The van der Waals surface area contributed by atoms with Gasteiger partial charge in [-0.15, -0.1) is 0 Å². The zero-order valence-electron chi connectivity index (χ0n) is 11.6. The summed E-state index contributed by atoms with van der Waals surface area (Å²) in [5.74, 6) is 0.120. The zero-order valence-corrected chi connectivity index (χ0v) is 11.6. The molecule has 0 fully saturated rings. The summed E-state index contributed by atoms with van der Waals surface area (Å²) in [6.45, 7) is 1.09. The number of hydrogen-bond donors (Lipinski definition) is 1. The van der Waals surface area contributed by atoms with Crippen LogP contribution in [0, 0.1) is 0 Å². The van der Waals surface area contributed by atoms with Crippen LogP contribution in [0.4, 0.5) is 5.69 Å². The van der Waals surface area contributed by atoms with Crippen molar-refractivity contribution in [3.05, 3.63) is 23.8 Å². The maximum Gasteiger partial charge on any atom is 0.264 e. The Morgan fingerprint density at radius 2 is 2.30 bits per heavy atom. The van der Waals surface area contributed by atoms with Gasteiger partial charge in [0, 0.05) is 27.3 Å². The third kappa shape index (κ3) is 2.91. The second-order valence-corrected chi connectivity index (χ2v) is 4.50. The number of amides is 2. The topological polar surface area (TPSA) is 67.9 Å². The molecule has 0 atom stereocenters. The van der Waals surface area contributed by atoms with E-state index in [2.05, 4.69) is 5.32 Å². The van der Waals surface area contributed by atoms with Gasteiger partial charge in [0.1, 0.15) is 0 Å². The van der Waals surface area contributed by atoms with E-state index in [-0.39, 0.29) is 18.4 Å². The normalized spacial score (nSPS) is 13.7. The average Bonchev–Trinajstić information content (AvgIpc) is 2.47. The van der Waals surface area contributed by atoms with Crippen molar-refractivity contribution in [2.75, 3.05) is 38.8 Å². The molecule has 1 aromatic rings. The highest BCUT2D eigenvalue weighted by Gasteiger charge is 2.26. The molecule has 0 aliphatic carbocycles. The van der Waals surface area contributed by atoms with Crippen LogP contribution in [0.25, 0.3) is 0 Å². The molecule has 0 spiro atoms. The van der Waals surface area contributed by atoms with Crippen molar-refractivity contribution in [3.63, 3.8) is 0 Å². The van der Waals surface area contributed by atoms with Crippen LogP contribution in [0.5, 0.6) is 5.75 Å². The number of ether oxygens (including phenoxy) is 2. The number of rotatable bonds is 5. The van der Waals surface area contributed by atoms with E-state index in [0.717, 1.165) is 6.42 Å². The Morgan fingerprint density at radius 1 is 1.50 bits per heavy atom. The minimum Gasteiger partial charge on any atom is -0.481 e. The molecule has 1 N–H and O–H groups in total. The molecule has 1 heterocycles. The van der Waals surface area contributed by atoms with Gasteiger partial charge in [-0.05, 0) is 18.6 Å². The lowest BCUT2D eigenvalue weighted by Crippen LogP contribution is -2.36. The summed E-state index contributed by atoms with van der Waals surface area (Å²) in [5.41, 5.74) is 1.06. The highest BCUT2D eigenvalue weighted by atomic mass is 16.5. The molecule has 108 valence electrons. The van der Waals surface area contributed by atoms with Gasteiger partial charge in [0.15, 0.2) is 12.4 Å². The molecule has 0 unspecified atom stereocenters. The zero-order chi connectivity index (χ0) is 14.5. The molecule has 2 amide bonds. The van der Waals surface area contributed by atoms with Crippen molar-refractivity contribution in [3.8, 4) is 5.75 Å². The first-order chi connectivity index (χ1) is 9.65. The first kappa shape index (κ1) is 14.3. The number of carbonyl (C=O) groups excluding carboxylic acids is 2. The lowest BCUT2D eigenvalue weighted by Gasteiger charge is -2.27. The smallest absolute Gasteiger partial charge is 0.264 e. The van der Waals surface area contributed by atoms with Crippen LogP contribution >= 0.6 is 0 Å². The minimum absolute atomic E-state index is 0.0442. The van der Waals surface area contributed by atoms with Gasteiger partial charge in [0.2, 0.25) is 0 Å². The Labute approximate surface area is 117 Å². The summed E-state index contributed by atoms with van der Waals surface area (Å²) in [5, 5.41) is 2.81. The Balaban J connectivity index is 2.13. The monoisotopic (exact) mass is 278 g/mol. The molecule has 1 aliphatic rings. The van der Waals surface area contributed by atoms with E-state index < -0.39 is 0 Å². The number of hydrogen-bond acceptors (Lipinski definition) is 4. The Bertz CT molecular complexity index is 516. The van der Waals surface area contributed by atoms with E-state index in [4.69, 9.17) is 9.47 Å². The first-order valence-corrected chi connectivity index (χ1v) is 6.44. The molecule has 1 aromatic carbocycles. The number of fused-ring (bicyclic) bond motifs is 1. The van der Waals surface area contributed by atoms with Gasteiger partial charge in [-0.2, -0.15) is 0 Å². The molecular formula is C14H18N2O4. The summed E-state index contributed by atoms with van der Waals surface area (Å²) >= 11 is 0. The highest BCUT2D eigenvalue weighted by molar-refractivity contribution is 6.03. The van der Waals surface area contributed by atoms with E-state index in [1.54, 1.807) is 32.4 Å². The number of likely N-dealkylation sites (N-methyl/N-ethyl adjacent to an activating group) is 1. The van der Waals surface area contributed by atoms with Crippen LogP contribution in [0.15, 0.2) is 18.2 Å². The molecular weight excluding hydrogens is 260 g/mol. The van der Waals surface area contributed by atoms with Gasteiger partial charge >= 0.3 is 0 Å². The molecule has 0 aromatic heterocycles. The van der Waals surface area contributed by atoms with Gasteiger partial charge in [0.25, 0.3) is 11.8 Å². The second kappa shape index (κ2) is 6.38. The summed E-state index contributed by atoms with van der Waals surface area (Å²) in [6, 6.07) is 5.18. The predicted octanol–water partition coefficient (Wildman–Crippen LogP) is 0.808. The van der Waals surface area contributed by atoms with E-state index in [1.165, 1.54) is 4.90 Å². The van der Waals surface area contributed by atoms with Crippen LogP contribution in [-0.4, -0.2) is 45.7 Å². The Hall–Kier alpha value is -2.08. The third-order valence-electron chi connectivity index (χ3n) is 3.13. The molecule has 2 rings (SSSR count). The molecule has 0 saturated heterocycles. The van der Waals surface area contributed by atoms with Crippen LogP contribution in [0.3, 0.4) is 0 Å². The van der Waals surface area contributed by atoms with E-state index in [1.807, 2.05) is 0 Å². The molecule has 0 saturated carbocycles. The lowest BCUT2D eigenvalue weighted by atomic mass is 10.1. The van der Waals surface area contributed by atoms with Crippen LogP contribution in [0.1, 0.15) is 16.8 Å². The number of anilines is 1. The lowest BCUT2D eigenvalue weighted by molar-refractivity contribution is -0.121. The minimum atomic E-state index is -0.208. The number of methoxy groups -OCH3 is 1. The van der Waals surface area contributed by atoms with Crippen molar-refractivity contribution >= 4 is 17.5 Å². The molecule has 6 heteroatoms. The van der Waals surface area contributed by atoms with Gasteiger partial charge in [-0.1, -0.05) is 6.07 Å². The fourth-order valence-electron chi connectivity index (χ4n) is 2.00. The second-order valence-electron chi connectivity index (χ2n) is 4.50. The summed E-state index contributed by atoms with van der Waals surface area (Å²) < 4.78 is 10.3. The van der Waals surface area contributed by atoms with Crippen molar-refractivity contribution in [2.45, 2.75) is 6.42 Å². The van der Waals surface area contributed by atoms with Crippen LogP contribution < -0.4 is 15.0 Å². The molecule has 6 nitrogen and oxygen atoms in total. The molecule has 1 aliphatic heterocycles. The fourth-order valence-corrected chi connectivity index (χ4v) is 2.00. The number of nitrogens with zero attached hydrogens (tertiary/aromatic N) is 1. The van der Waals surface area contributed by atoms with E-state index in [0.29, 0.717) is 30.2 Å². The van der Waals surface area contributed by atoms with E-state index >= 15 is 0 Å². The first-order valence-electron chi connectivity index (χ1n) is 6.44. The van der Waals surface area contributed by atoms with Gasteiger partial charge < -0.3 is 19.7 Å². The molecule has 0 radical (unpaired) electrons. The fraction of sp³-hybridized carbons (Fsp3) is 0.429. The summed E-state index contributed by atoms with van der Waals surface area (Å²) in [4.78, 5) is 25.2. The van der Waals surface area contributed by atoms with Gasteiger partial charge in [-0.3, -0.25) is 9.59 Å². The molecule has 20 heavy (non-hydrogen) atoms. The number of para-hydroxylation sites is 1. The summed E-state index contributed by atoms with van der Waals surface area (Å²) in [7, 11) is 3.29. The average molecular weight is 278 g/mol. The Kier molecular flexibility index (Phi) is 4.57. The number of carbonyl (C=O) groups is 2. The highest BCUT2D eigenvalue weighted by Crippen LogP contribution is 2.34. The van der Waals surface area contributed by atoms with Crippen LogP contribution in [0.2, 0.25) is 0 Å². The molecule has 0 bridgehead atoms. The van der Waals surface area contributed by atoms with Gasteiger partial charge in [-0.25, -0.2) is 0 Å². The van der Waals surface area contributed by atoms with Gasteiger partial charge in [0.05, 0.1) is 11.3 Å². The SMILES string of the molecule is COCCCNC(=O)c1cccc2c1OCC(=O)N2C. The largest absolute Gasteiger partial charge is 0.481 e. The van der Waals surface area contributed by atoms with Crippen molar-refractivity contribution < 1.29 is 19.1 Å². The number of benzene rings is 1. The van der Waals surface area contributed by atoms with Crippen LogP contribution in [-0.2, 0) is 9.53 Å². The maximum absolute atomic E-state index is 12.1. The maximum atomic E-state index is 12.1. The quantitative estimate of drug-likeness (QED) is 0.809. The van der Waals surface area contributed by atoms with Crippen molar-refractivity contribution in [1.82, 2.24) is 5.32 Å². The van der Waals surface area contributed by atoms with Crippen molar-refractivity contribution in [2.24, 2.45) is 0 Å².